The number of rotatable bonds is 3. The van der Waals surface area contributed by atoms with Crippen molar-refractivity contribution in [1.82, 2.24) is 4.98 Å². The highest BCUT2D eigenvalue weighted by atomic mass is 16.5. The molecule has 104 valence electrons. The van der Waals surface area contributed by atoms with Gasteiger partial charge in [0.25, 0.3) is 0 Å². The molecule has 0 radical (unpaired) electrons. The molecule has 1 aromatic carbocycles. The molecule has 3 nitrogen and oxygen atoms in total. The third-order valence-electron chi connectivity index (χ3n) is 3.60. The van der Waals surface area contributed by atoms with Gasteiger partial charge in [-0.3, -0.25) is 9.78 Å². The lowest BCUT2D eigenvalue weighted by Crippen LogP contribution is -2.08. The van der Waals surface area contributed by atoms with Crippen LogP contribution in [0.25, 0.3) is 0 Å². The van der Waals surface area contributed by atoms with Crippen molar-refractivity contribution in [3.63, 3.8) is 0 Å². The van der Waals surface area contributed by atoms with Crippen LogP contribution in [0.4, 0.5) is 0 Å². The predicted molar refractivity (Wildman–Crippen MR) is 79.6 cm³/mol. The highest BCUT2D eigenvalue weighted by Gasteiger charge is 2.19. The van der Waals surface area contributed by atoms with E-state index in [9.17, 15) is 4.79 Å². The van der Waals surface area contributed by atoms with Crippen LogP contribution in [0, 0.1) is 27.7 Å². The molecule has 2 rings (SSSR count). The summed E-state index contributed by atoms with van der Waals surface area (Å²) in [5, 5.41) is 0. The van der Waals surface area contributed by atoms with E-state index in [0.29, 0.717) is 16.9 Å². The van der Waals surface area contributed by atoms with E-state index in [0.717, 1.165) is 22.5 Å². The van der Waals surface area contributed by atoms with Crippen LogP contribution in [0.2, 0.25) is 0 Å². The number of aromatic nitrogens is 1. The number of ether oxygens (including phenoxy) is 1. The SMILES string of the molecule is COc1c(C(=O)c2ccc(C)nc2C)ccc(C)c1C. The van der Waals surface area contributed by atoms with Gasteiger partial charge in [0.1, 0.15) is 5.75 Å². The summed E-state index contributed by atoms with van der Waals surface area (Å²) >= 11 is 0. The summed E-state index contributed by atoms with van der Waals surface area (Å²) in [5.74, 6) is 0.602. The maximum atomic E-state index is 12.7. The van der Waals surface area contributed by atoms with Crippen LogP contribution in [-0.4, -0.2) is 17.9 Å². The monoisotopic (exact) mass is 269 g/mol. The summed E-state index contributed by atoms with van der Waals surface area (Å²) in [5.41, 5.74) is 4.97. The van der Waals surface area contributed by atoms with E-state index in [2.05, 4.69) is 4.98 Å². The Hall–Kier alpha value is -2.16. The number of hydrogen-bond acceptors (Lipinski definition) is 3. The second-order valence-electron chi connectivity index (χ2n) is 5.00. The second-order valence-corrected chi connectivity index (χ2v) is 5.00. The van der Waals surface area contributed by atoms with Crippen molar-refractivity contribution in [3.8, 4) is 5.75 Å². The molecule has 0 N–H and O–H groups in total. The average molecular weight is 269 g/mol. The van der Waals surface area contributed by atoms with Crippen molar-refractivity contribution in [2.24, 2.45) is 0 Å². The number of aryl methyl sites for hydroxylation is 3. The van der Waals surface area contributed by atoms with Gasteiger partial charge in [0, 0.05) is 17.0 Å². The quantitative estimate of drug-likeness (QED) is 0.800. The van der Waals surface area contributed by atoms with Crippen molar-refractivity contribution in [2.45, 2.75) is 27.7 Å². The van der Waals surface area contributed by atoms with Gasteiger partial charge >= 0.3 is 0 Å². The Balaban J connectivity index is 2.56. The summed E-state index contributed by atoms with van der Waals surface area (Å²) in [4.78, 5) is 17.1. The third-order valence-corrected chi connectivity index (χ3v) is 3.60. The molecule has 0 saturated carbocycles. The molecule has 0 amide bonds. The number of carbonyl (C=O) groups is 1. The Bertz CT molecular complexity index is 675. The van der Waals surface area contributed by atoms with Crippen molar-refractivity contribution in [2.75, 3.05) is 7.11 Å². The smallest absolute Gasteiger partial charge is 0.198 e. The molecule has 0 atom stereocenters. The average Bonchev–Trinajstić information content (AvgIpc) is 2.41. The van der Waals surface area contributed by atoms with Crippen LogP contribution in [-0.2, 0) is 0 Å². The minimum Gasteiger partial charge on any atom is -0.496 e. The Morgan fingerprint density at radius 2 is 1.65 bits per heavy atom. The summed E-state index contributed by atoms with van der Waals surface area (Å²) in [7, 11) is 1.60. The van der Waals surface area contributed by atoms with Crippen molar-refractivity contribution in [1.29, 1.82) is 0 Å². The van der Waals surface area contributed by atoms with Crippen molar-refractivity contribution >= 4 is 5.78 Å². The Morgan fingerprint density at radius 3 is 2.25 bits per heavy atom. The first-order chi connectivity index (χ1) is 9.45. The minimum atomic E-state index is -0.0463. The molecule has 1 aromatic heterocycles. The highest BCUT2D eigenvalue weighted by molar-refractivity contribution is 6.11. The number of carbonyl (C=O) groups excluding carboxylic acids is 1. The van der Waals surface area contributed by atoms with Crippen molar-refractivity contribution < 1.29 is 9.53 Å². The molecule has 0 saturated heterocycles. The molecule has 0 bridgehead atoms. The van der Waals surface area contributed by atoms with Gasteiger partial charge in [0.05, 0.1) is 12.7 Å². The largest absolute Gasteiger partial charge is 0.496 e. The van der Waals surface area contributed by atoms with E-state index < -0.39 is 0 Å². The third kappa shape index (κ3) is 2.44. The fourth-order valence-electron chi connectivity index (χ4n) is 2.30. The van der Waals surface area contributed by atoms with Crippen LogP contribution in [0.3, 0.4) is 0 Å². The second kappa shape index (κ2) is 5.45. The van der Waals surface area contributed by atoms with E-state index in [1.165, 1.54) is 0 Å². The molecule has 1 heterocycles. The van der Waals surface area contributed by atoms with Gasteiger partial charge in [0.2, 0.25) is 0 Å². The highest BCUT2D eigenvalue weighted by Crippen LogP contribution is 2.28. The molecule has 0 aliphatic heterocycles. The lowest BCUT2D eigenvalue weighted by Gasteiger charge is -2.13. The van der Waals surface area contributed by atoms with Crippen LogP contribution in [0.5, 0.6) is 5.75 Å². The molecule has 0 unspecified atom stereocenters. The van der Waals surface area contributed by atoms with Crippen LogP contribution in [0.1, 0.15) is 38.4 Å². The van der Waals surface area contributed by atoms with E-state index in [-0.39, 0.29) is 5.78 Å². The molecule has 2 aromatic rings. The number of ketones is 1. The van der Waals surface area contributed by atoms with E-state index >= 15 is 0 Å². The number of benzene rings is 1. The first kappa shape index (κ1) is 14.3. The Kier molecular flexibility index (Phi) is 3.89. The first-order valence-electron chi connectivity index (χ1n) is 6.59. The number of pyridine rings is 1. The Labute approximate surface area is 119 Å². The van der Waals surface area contributed by atoms with Crippen LogP contribution < -0.4 is 4.74 Å². The topological polar surface area (TPSA) is 39.2 Å². The molecule has 20 heavy (non-hydrogen) atoms. The molecule has 0 aliphatic carbocycles. The zero-order valence-corrected chi connectivity index (χ0v) is 12.6. The summed E-state index contributed by atoms with van der Waals surface area (Å²) in [6.07, 6.45) is 0. The van der Waals surface area contributed by atoms with Crippen molar-refractivity contribution in [3.05, 3.63) is 57.9 Å². The van der Waals surface area contributed by atoms with Gasteiger partial charge in [-0.2, -0.15) is 0 Å². The van der Waals surface area contributed by atoms with Crippen LogP contribution >= 0.6 is 0 Å². The van der Waals surface area contributed by atoms with Gasteiger partial charge in [0.15, 0.2) is 5.78 Å². The van der Waals surface area contributed by atoms with E-state index in [1.54, 1.807) is 7.11 Å². The summed E-state index contributed by atoms with van der Waals surface area (Å²) < 4.78 is 5.42. The maximum Gasteiger partial charge on any atom is 0.198 e. The fraction of sp³-hybridized carbons (Fsp3) is 0.294. The molecule has 0 aliphatic rings. The van der Waals surface area contributed by atoms with E-state index in [1.807, 2.05) is 52.0 Å². The molecular formula is C17H19NO2. The standard InChI is InChI=1S/C17H19NO2/c1-10-6-8-15(17(20-5)12(10)3)16(19)14-9-7-11(2)18-13(14)4/h6-9H,1-5H3. The molecular weight excluding hydrogens is 250 g/mol. The van der Waals surface area contributed by atoms with Gasteiger partial charge in [-0.25, -0.2) is 0 Å². The van der Waals surface area contributed by atoms with E-state index in [4.69, 9.17) is 4.74 Å². The zero-order valence-electron chi connectivity index (χ0n) is 12.6. The maximum absolute atomic E-state index is 12.7. The Morgan fingerprint density at radius 1 is 1.00 bits per heavy atom. The van der Waals surface area contributed by atoms with Gasteiger partial charge in [-0.15, -0.1) is 0 Å². The van der Waals surface area contributed by atoms with Crippen LogP contribution in [0.15, 0.2) is 24.3 Å². The molecule has 3 heteroatoms. The van der Waals surface area contributed by atoms with Gasteiger partial charge < -0.3 is 4.74 Å². The lowest BCUT2D eigenvalue weighted by molar-refractivity contribution is 0.103. The van der Waals surface area contributed by atoms with Gasteiger partial charge in [-0.1, -0.05) is 6.07 Å². The lowest BCUT2D eigenvalue weighted by atomic mass is 9.97. The minimum absolute atomic E-state index is 0.0463. The molecule has 0 fully saturated rings. The summed E-state index contributed by atoms with van der Waals surface area (Å²) in [6, 6.07) is 7.45. The normalized spacial score (nSPS) is 10.4. The number of methoxy groups -OCH3 is 1. The number of hydrogen-bond donors (Lipinski definition) is 0. The van der Waals surface area contributed by atoms with Gasteiger partial charge in [-0.05, 0) is 57.0 Å². The molecule has 0 spiro atoms. The first-order valence-corrected chi connectivity index (χ1v) is 6.59. The number of nitrogens with zero attached hydrogens (tertiary/aromatic N) is 1. The zero-order chi connectivity index (χ0) is 14.9. The summed E-state index contributed by atoms with van der Waals surface area (Å²) in [6.45, 7) is 7.74. The predicted octanol–water partition coefficient (Wildman–Crippen LogP) is 3.55. The fourth-order valence-corrected chi connectivity index (χ4v) is 2.30.